The molecule has 3 rings (SSSR count). The molecular weight excluding hydrogens is 383 g/mol. The molecule has 4 nitrogen and oxygen atoms in total. The first-order chi connectivity index (χ1) is 13.9. The number of alkyl halides is 3. The van der Waals surface area contributed by atoms with Crippen molar-refractivity contribution in [2.75, 3.05) is 5.32 Å². The highest BCUT2D eigenvalue weighted by Crippen LogP contribution is 2.32. The molecule has 0 saturated heterocycles. The van der Waals surface area contributed by atoms with E-state index in [9.17, 15) is 22.8 Å². The maximum absolute atomic E-state index is 13.1. The molecule has 1 N–H and O–H groups in total. The zero-order valence-electron chi connectivity index (χ0n) is 15.1. The molecule has 1 amide bonds. The van der Waals surface area contributed by atoms with E-state index in [1.54, 1.807) is 42.5 Å². The second-order valence-electron chi connectivity index (χ2n) is 6.10. The fourth-order valence-electron chi connectivity index (χ4n) is 2.70. The molecule has 0 spiro atoms. The number of amides is 1. The summed E-state index contributed by atoms with van der Waals surface area (Å²) in [6.07, 6.45) is -4.55. The summed E-state index contributed by atoms with van der Waals surface area (Å²) in [6, 6.07) is 19.4. The molecule has 29 heavy (non-hydrogen) atoms. The van der Waals surface area contributed by atoms with Gasteiger partial charge in [0, 0.05) is 11.1 Å². The van der Waals surface area contributed by atoms with Crippen molar-refractivity contribution in [3.8, 4) is 0 Å². The van der Waals surface area contributed by atoms with Crippen LogP contribution in [0.1, 0.15) is 31.8 Å². The molecule has 0 bridgehead atoms. The maximum atomic E-state index is 13.1. The molecule has 0 aliphatic heterocycles. The summed E-state index contributed by atoms with van der Waals surface area (Å²) >= 11 is 0. The van der Waals surface area contributed by atoms with Gasteiger partial charge in [0.05, 0.1) is 16.8 Å². The molecule has 0 aromatic heterocycles. The van der Waals surface area contributed by atoms with Gasteiger partial charge in [-0.1, -0.05) is 48.5 Å². The lowest BCUT2D eigenvalue weighted by atomic mass is 10.1. The van der Waals surface area contributed by atoms with Gasteiger partial charge in [-0.05, 0) is 30.3 Å². The monoisotopic (exact) mass is 399 g/mol. The molecule has 0 saturated carbocycles. The summed E-state index contributed by atoms with van der Waals surface area (Å²) < 4.78 is 44.3. The van der Waals surface area contributed by atoms with Crippen LogP contribution in [0, 0.1) is 0 Å². The molecule has 0 unspecified atom stereocenters. The Kier molecular flexibility index (Phi) is 5.97. The SMILES string of the molecule is O=C(Nc1ccccc1C(=O)OCc1ccccc1C(F)(F)F)c1ccccc1. The number of esters is 1. The lowest BCUT2D eigenvalue weighted by molar-refractivity contribution is -0.138. The van der Waals surface area contributed by atoms with Gasteiger partial charge in [0.2, 0.25) is 0 Å². The Morgan fingerprint density at radius 2 is 1.45 bits per heavy atom. The van der Waals surface area contributed by atoms with Crippen LogP contribution in [-0.2, 0) is 17.5 Å². The van der Waals surface area contributed by atoms with Gasteiger partial charge in [0.1, 0.15) is 6.61 Å². The number of para-hydroxylation sites is 1. The first kappa shape index (κ1) is 20.1. The van der Waals surface area contributed by atoms with Gasteiger partial charge in [-0.25, -0.2) is 4.79 Å². The molecule has 3 aromatic rings. The fourth-order valence-corrected chi connectivity index (χ4v) is 2.70. The number of ether oxygens (including phenoxy) is 1. The Morgan fingerprint density at radius 3 is 2.17 bits per heavy atom. The van der Waals surface area contributed by atoms with Crippen molar-refractivity contribution in [1.29, 1.82) is 0 Å². The average Bonchev–Trinajstić information content (AvgIpc) is 2.72. The Labute approximate surface area is 164 Å². The van der Waals surface area contributed by atoms with Gasteiger partial charge in [0.15, 0.2) is 0 Å². The highest BCUT2D eigenvalue weighted by atomic mass is 19.4. The summed E-state index contributed by atoms with van der Waals surface area (Å²) in [6.45, 7) is -0.546. The summed E-state index contributed by atoms with van der Waals surface area (Å²) in [5.41, 5.74) is -0.371. The topological polar surface area (TPSA) is 55.4 Å². The lowest BCUT2D eigenvalue weighted by Gasteiger charge is -2.14. The number of carbonyl (C=O) groups is 2. The average molecular weight is 399 g/mol. The number of hydrogen-bond acceptors (Lipinski definition) is 3. The van der Waals surface area contributed by atoms with E-state index < -0.39 is 30.2 Å². The number of halogens is 3. The lowest BCUT2D eigenvalue weighted by Crippen LogP contribution is -2.16. The molecule has 0 fully saturated rings. The van der Waals surface area contributed by atoms with Crippen LogP contribution in [0.2, 0.25) is 0 Å². The molecule has 0 aliphatic carbocycles. The molecule has 0 atom stereocenters. The Morgan fingerprint density at radius 1 is 0.828 bits per heavy atom. The number of nitrogens with one attached hydrogen (secondary N) is 1. The van der Waals surface area contributed by atoms with Crippen molar-refractivity contribution < 1.29 is 27.5 Å². The largest absolute Gasteiger partial charge is 0.457 e. The Balaban J connectivity index is 1.75. The van der Waals surface area contributed by atoms with Gasteiger partial charge < -0.3 is 10.1 Å². The minimum absolute atomic E-state index is 0.0428. The summed E-state index contributed by atoms with van der Waals surface area (Å²) in [4.78, 5) is 24.8. The van der Waals surface area contributed by atoms with Crippen LogP contribution in [0.4, 0.5) is 18.9 Å². The molecule has 3 aromatic carbocycles. The first-order valence-corrected chi connectivity index (χ1v) is 8.64. The first-order valence-electron chi connectivity index (χ1n) is 8.64. The van der Waals surface area contributed by atoms with Crippen LogP contribution in [0.15, 0.2) is 78.9 Å². The molecule has 148 valence electrons. The standard InChI is InChI=1S/C22H16F3NO3/c23-22(24,25)18-12-6-4-10-16(18)14-29-21(28)17-11-5-7-13-19(17)26-20(27)15-8-2-1-3-9-15/h1-13H,14H2,(H,26,27). The fraction of sp³-hybridized carbons (Fsp3) is 0.0909. The zero-order valence-corrected chi connectivity index (χ0v) is 15.1. The summed E-state index contributed by atoms with van der Waals surface area (Å²) in [7, 11) is 0. The predicted octanol–water partition coefficient (Wildman–Crippen LogP) is 5.31. The number of benzene rings is 3. The third-order valence-electron chi connectivity index (χ3n) is 4.11. The molecule has 0 radical (unpaired) electrons. The third-order valence-corrected chi connectivity index (χ3v) is 4.11. The van der Waals surface area contributed by atoms with Crippen molar-refractivity contribution in [1.82, 2.24) is 0 Å². The number of carbonyl (C=O) groups excluding carboxylic acids is 2. The van der Waals surface area contributed by atoms with Crippen LogP contribution in [0.5, 0.6) is 0 Å². The van der Waals surface area contributed by atoms with Crippen LogP contribution >= 0.6 is 0 Å². The van der Waals surface area contributed by atoms with E-state index in [1.165, 1.54) is 30.3 Å². The van der Waals surface area contributed by atoms with E-state index in [2.05, 4.69) is 5.32 Å². The van der Waals surface area contributed by atoms with E-state index in [0.29, 0.717) is 5.56 Å². The van der Waals surface area contributed by atoms with Gasteiger partial charge in [-0.2, -0.15) is 13.2 Å². The maximum Gasteiger partial charge on any atom is 0.416 e. The normalized spacial score (nSPS) is 11.0. The number of hydrogen-bond donors (Lipinski definition) is 1. The van der Waals surface area contributed by atoms with E-state index in [1.807, 2.05) is 0 Å². The van der Waals surface area contributed by atoms with E-state index in [-0.39, 0.29) is 16.8 Å². The van der Waals surface area contributed by atoms with Crippen molar-refractivity contribution >= 4 is 17.6 Å². The highest BCUT2D eigenvalue weighted by Gasteiger charge is 2.33. The highest BCUT2D eigenvalue weighted by molar-refractivity contribution is 6.07. The number of rotatable bonds is 5. The molecular formula is C22H16F3NO3. The van der Waals surface area contributed by atoms with Gasteiger partial charge in [-0.15, -0.1) is 0 Å². The van der Waals surface area contributed by atoms with Crippen LogP contribution in [0.25, 0.3) is 0 Å². The number of anilines is 1. The third kappa shape index (κ3) is 5.01. The van der Waals surface area contributed by atoms with E-state index in [4.69, 9.17) is 4.74 Å². The quantitative estimate of drug-likeness (QED) is 0.591. The Hall–Kier alpha value is -3.61. The van der Waals surface area contributed by atoms with Crippen molar-refractivity contribution in [2.24, 2.45) is 0 Å². The van der Waals surface area contributed by atoms with Gasteiger partial charge >= 0.3 is 12.1 Å². The van der Waals surface area contributed by atoms with E-state index >= 15 is 0 Å². The van der Waals surface area contributed by atoms with Crippen molar-refractivity contribution in [3.63, 3.8) is 0 Å². The minimum Gasteiger partial charge on any atom is -0.457 e. The second-order valence-corrected chi connectivity index (χ2v) is 6.10. The minimum atomic E-state index is -4.55. The molecule has 7 heteroatoms. The summed E-state index contributed by atoms with van der Waals surface area (Å²) in [5.74, 6) is -1.26. The van der Waals surface area contributed by atoms with Crippen molar-refractivity contribution in [2.45, 2.75) is 12.8 Å². The molecule has 0 heterocycles. The Bertz CT molecular complexity index is 1020. The second kappa shape index (κ2) is 8.60. The van der Waals surface area contributed by atoms with Crippen LogP contribution < -0.4 is 5.32 Å². The van der Waals surface area contributed by atoms with Gasteiger partial charge in [0.25, 0.3) is 5.91 Å². The van der Waals surface area contributed by atoms with Crippen LogP contribution in [-0.4, -0.2) is 11.9 Å². The van der Waals surface area contributed by atoms with E-state index in [0.717, 1.165) is 6.07 Å². The smallest absolute Gasteiger partial charge is 0.416 e. The molecule has 0 aliphatic rings. The predicted molar refractivity (Wildman–Crippen MR) is 101 cm³/mol. The van der Waals surface area contributed by atoms with Gasteiger partial charge in [-0.3, -0.25) is 4.79 Å². The zero-order chi connectivity index (χ0) is 20.9. The summed E-state index contributed by atoms with van der Waals surface area (Å²) in [5, 5.41) is 2.62. The van der Waals surface area contributed by atoms with Crippen molar-refractivity contribution in [3.05, 3.63) is 101 Å². The van der Waals surface area contributed by atoms with Crippen LogP contribution in [0.3, 0.4) is 0 Å².